The highest BCUT2D eigenvalue weighted by Crippen LogP contribution is 2.30. The summed E-state index contributed by atoms with van der Waals surface area (Å²) in [4.78, 5) is 14.1. The summed E-state index contributed by atoms with van der Waals surface area (Å²) in [6.45, 7) is 0. The van der Waals surface area contributed by atoms with E-state index in [1.165, 1.54) is 5.39 Å². The van der Waals surface area contributed by atoms with Crippen LogP contribution in [-0.4, -0.2) is 15.0 Å². The minimum Gasteiger partial charge on any atom is -0.236 e. The van der Waals surface area contributed by atoms with Gasteiger partial charge in [-0.2, -0.15) is 0 Å². The van der Waals surface area contributed by atoms with E-state index in [0.29, 0.717) is 11.5 Å². The second kappa shape index (κ2) is 6.56. The minimum atomic E-state index is 0.685. The molecule has 0 unspecified atom stereocenters. The molecule has 128 valence electrons. The summed E-state index contributed by atoms with van der Waals surface area (Å²) >= 11 is 3.53. The number of benzene rings is 3. The van der Waals surface area contributed by atoms with Gasteiger partial charge in [-0.05, 0) is 41.1 Å². The van der Waals surface area contributed by atoms with Gasteiger partial charge in [-0.25, -0.2) is 15.0 Å². The van der Waals surface area contributed by atoms with Gasteiger partial charge in [-0.1, -0.05) is 64.5 Å². The molecule has 0 aliphatic carbocycles. The lowest BCUT2D eigenvalue weighted by atomic mass is 10.1. The summed E-state index contributed by atoms with van der Waals surface area (Å²) < 4.78 is 1.07. The Morgan fingerprint density at radius 1 is 0.667 bits per heavy atom. The number of aromatic nitrogens is 3. The molecule has 27 heavy (non-hydrogen) atoms. The average molecular weight is 412 g/mol. The predicted molar refractivity (Wildman–Crippen MR) is 113 cm³/mol. The molecule has 0 N–H and O–H groups in total. The SMILES string of the molecule is Brc1ccc2cc(-c3nc(-c4ccccc4)c4cccnc4n3)ccc2c1. The first kappa shape index (κ1) is 16.1. The van der Waals surface area contributed by atoms with Crippen LogP contribution in [0.1, 0.15) is 0 Å². The van der Waals surface area contributed by atoms with Crippen LogP contribution >= 0.6 is 15.9 Å². The fourth-order valence-electron chi connectivity index (χ4n) is 3.26. The fraction of sp³-hybridized carbons (Fsp3) is 0. The van der Waals surface area contributed by atoms with Crippen molar-refractivity contribution < 1.29 is 0 Å². The highest BCUT2D eigenvalue weighted by atomic mass is 79.9. The van der Waals surface area contributed by atoms with Gasteiger partial charge in [0.2, 0.25) is 0 Å². The highest BCUT2D eigenvalue weighted by molar-refractivity contribution is 9.10. The van der Waals surface area contributed by atoms with Crippen molar-refractivity contribution in [1.82, 2.24) is 15.0 Å². The smallest absolute Gasteiger partial charge is 0.163 e. The van der Waals surface area contributed by atoms with E-state index in [1.54, 1.807) is 6.20 Å². The van der Waals surface area contributed by atoms with Gasteiger partial charge >= 0.3 is 0 Å². The number of hydrogen-bond acceptors (Lipinski definition) is 3. The van der Waals surface area contributed by atoms with Crippen molar-refractivity contribution >= 4 is 37.7 Å². The van der Waals surface area contributed by atoms with E-state index in [-0.39, 0.29) is 0 Å². The molecule has 0 aliphatic heterocycles. The molecular weight excluding hydrogens is 398 g/mol. The Morgan fingerprint density at radius 2 is 1.48 bits per heavy atom. The third-order valence-corrected chi connectivity index (χ3v) is 5.07. The van der Waals surface area contributed by atoms with Gasteiger partial charge in [-0.15, -0.1) is 0 Å². The van der Waals surface area contributed by atoms with Crippen LogP contribution in [0.2, 0.25) is 0 Å². The van der Waals surface area contributed by atoms with Crippen molar-refractivity contribution in [3.8, 4) is 22.6 Å². The second-order valence-corrected chi connectivity index (χ2v) is 7.26. The average Bonchev–Trinajstić information content (AvgIpc) is 2.73. The van der Waals surface area contributed by atoms with Crippen LogP contribution in [0.15, 0.2) is 89.5 Å². The molecule has 5 aromatic rings. The molecule has 2 heterocycles. The highest BCUT2D eigenvalue weighted by Gasteiger charge is 2.12. The van der Waals surface area contributed by atoms with Crippen LogP contribution in [-0.2, 0) is 0 Å². The summed E-state index contributed by atoms with van der Waals surface area (Å²) in [5.74, 6) is 0.685. The predicted octanol–water partition coefficient (Wildman–Crippen LogP) is 6.27. The Labute approximate surface area is 164 Å². The number of rotatable bonds is 2. The molecular formula is C23H14BrN3. The number of nitrogens with zero attached hydrogens (tertiary/aromatic N) is 3. The molecule has 0 aliphatic rings. The van der Waals surface area contributed by atoms with Crippen LogP contribution in [0, 0.1) is 0 Å². The second-order valence-electron chi connectivity index (χ2n) is 6.34. The largest absolute Gasteiger partial charge is 0.236 e. The summed E-state index contributed by atoms with van der Waals surface area (Å²) in [6.07, 6.45) is 1.77. The molecule has 0 atom stereocenters. The monoisotopic (exact) mass is 411 g/mol. The van der Waals surface area contributed by atoms with E-state index in [1.807, 2.05) is 36.4 Å². The summed E-state index contributed by atoms with van der Waals surface area (Å²) in [5, 5.41) is 3.29. The van der Waals surface area contributed by atoms with Gasteiger partial charge in [-0.3, -0.25) is 0 Å². The van der Waals surface area contributed by atoms with Crippen LogP contribution in [0.25, 0.3) is 44.5 Å². The summed E-state index contributed by atoms with van der Waals surface area (Å²) in [6, 6.07) is 26.7. The van der Waals surface area contributed by atoms with Gasteiger partial charge in [0.25, 0.3) is 0 Å². The van der Waals surface area contributed by atoms with E-state index >= 15 is 0 Å². The van der Waals surface area contributed by atoms with E-state index in [2.05, 4.69) is 63.4 Å². The Morgan fingerprint density at radius 3 is 2.37 bits per heavy atom. The maximum atomic E-state index is 4.91. The first-order valence-electron chi connectivity index (χ1n) is 8.66. The fourth-order valence-corrected chi connectivity index (χ4v) is 3.64. The number of pyridine rings is 1. The molecule has 3 nitrogen and oxygen atoms in total. The number of hydrogen-bond donors (Lipinski definition) is 0. The van der Waals surface area contributed by atoms with Crippen molar-refractivity contribution in [1.29, 1.82) is 0 Å². The maximum Gasteiger partial charge on any atom is 0.163 e. The van der Waals surface area contributed by atoms with E-state index in [4.69, 9.17) is 9.97 Å². The maximum absolute atomic E-state index is 4.91. The molecule has 2 aromatic heterocycles. The standard InChI is InChI=1S/C23H14BrN3/c24-19-11-10-16-13-18(9-8-17(16)14-19)22-26-21(15-5-2-1-3-6-15)20-7-4-12-25-23(20)27-22/h1-14H. The molecule has 3 aromatic carbocycles. The lowest BCUT2D eigenvalue weighted by molar-refractivity contribution is 1.19. The van der Waals surface area contributed by atoms with Gasteiger partial charge in [0.15, 0.2) is 11.5 Å². The van der Waals surface area contributed by atoms with Crippen molar-refractivity contribution in [3.05, 3.63) is 89.5 Å². The van der Waals surface area contributed by atoms with Crippen molar-refractivity contribution in [2.75, 3.05) is 0 Å². The van der Waals surface area contributed by atoms with E-state index in [0.717, 1.165) is 32.1 Å². The Bertz CT molecular complexity index is 1280. The lowest BCUT2D eigenvalue weighted by Crippen LogP contribution is -1.96. The lowest BCUT2D eigenvalue weighted by Gasteiger charge is -2.09. The molecule has 0 saturated heterocycles. The van der Waals surface area contributed by atoms with E-state index in [9.17, 15) is 0 Å². The van der Waals surface area contributed by atoms with Crippen molar-refractivity contribution in [3.63, 3.8) is 0 Å². The zero-order valence-corrected chi connectivity index (χ0v) is 15.9. The normalized spacial score (nSPS) is 11.1. The Hall–Kier alpha value is -3.11. The third kappa shape index (κ3) is 2.98. The molecule has 0 radical (unpaired) electrons. The summed E-state index contributed by atoms with van der Waals surface area (Å²) in [7, 11) is 0. The summed E-state index contributed by atoms with van der Waals surface area (Å²) in [5.41, 5.74) is 3.65. The van der Waals surface area contributed by atoms with Crippen LogP contribution < -0.4 is 0 Å². The first-order chi connectivity index (χ1) is 13.3. The van der Waals surface area contributed by atoms with Gasteiger partial charge in [0.05, 0.1) is 5.69 Å². The van der Waals surface area contributed by atoms with Crippen LogP contribution in [0.3, 0.4) is 0 Å². The third-order valence-electron chi connectivity index (χ3n) is 4.58. The first-order valence-corrected chi connectivity index (χ1v) is 9.45. The van der Waals surface area contributed by atoms with Crippen LogP contribution in [0.5, 0.6) is 0 Å². The van der Waals surface area contributed by atoms with Crippen LogP contribution in [0.4, 0.5) is 0 Å². The van der Waals surface area contributed by atoms with Gasteiger partial charge in [0.1, 0.15) is 0 Å². The molecule has 0 amide bonds. The number of halogens is 1. The Kier molecular flexibility index (Phi) is 3.91. The zero-order chi connectivity index (χ0) is 18.2. The molecule has 0 saturated carbocycles. The quantitative estimate of drug-likeness (QED) is 0.343. The zero-order valence-electron chi connectivity index (χ0n) is 14.3. The topological polar surface area (TPSA) is 38.7 Å². The number of fused-ring (bicyclic) bond motifs is 2. The molecule has 0 fully saturated rings. The van der Waals surface area contributed by atoms with Crippen molar-refractivity contribution in [2.24, 2.45) is 0 Å². The van der Waals surface area contributed by atoms with Crippen molar-refractivity contribution in [2.45, 2.75) is 0 Å². The van der Waals surface area contributed by atoms with Gasteiger partial charge in [0, 0.05) is 27.2 Å². The Balaban J connectivity index is 1.75. The van der Waals surface area contributed by atoms with Gasteiger partial charge < -0.3 is 0 Å². The molecule has 4 heteroatoms. The molecule has 0 spiro atoms. The minimum absolute atomic E-state index is 0.685. The molecule has 0 bridgehead atoms. The van der Waals surface area contributed by atoms with E-state index < -0.39 is 0 Å². The molecule has 5 rings (SSSR count).